The lowest BCUT2D eigenvalue weighted by atomic mass is 10.2. The van der Waals surface area contributed by atoms with Crippen molar-refractivity contribution in [2.45, 2.75) is 13.0 Å². The molecule has 104 valence electrons. The van der Waals surface area contributed by atoms with Crippen LogP contribution in [0, 0.1) is 0 Å². The summed E-state index contributed by atoms with van der Waals surface area (Å²) < 4.78 is 0. The zero-order valence-corrected chi connectivity index (χ0v) is 11.9. The maximum atomic E-state index is 12.1. The molecule has 4 nitrogen and oxygen atoms in total. The van der Waals surface area contributed by atoms with E-state index < -0.39 is 0 Å². The third-order valence-electron chi connectivity index (χ3n) is 3.03. The van der Waals surface area contributed by atoms with Gasteiger partial charge < -0.3 is 10.2 Å². The first-order valence-electron chi connectivity index (χ1n) is 6.13. The summed E-state index contributed by atoms with van der Waals surface area (Å²) in [5, 5.41) is 3.32. The topological polar surface area (TPSA) is 35.6 Å². The Labute approximate surface area is 116 Å². The van der Waals surface area contributed by atoms with Crippen molar-refractivity contribution >= 4 is 18.3 Å². The van der Waals surface area contributed by atoms with Gasteiger partial charge in [-0.15, -0.1) is 25.6 Å². The Morgan fingerprint density at radius 2 is 2.06 bits per heavy atom. The highest BCUT2D eigenvalue weighted by molar-refractivity contribution is 5.85. The van der Waals surface area contributed by atoms with Gasteiger partial charge in [-0.2, -0.15) is 0 Å². The van der Waals surface area contributed by atoms with Gasteiger partial charge in [-0.05, 0) is 6.92 Å². The molecule has 0 bridgehead atoms. The van der Waals surface area contributed by atoms with Gasteiger partial charge in [-0.3, -0.25) is 9.69 Å². The number of nitrogens with zero attached hydrogens (tertiary/aromatic N) is 2. The van der Waals surface area contributed by atoms with Crippen LogP contribution in [0.4, 0.5) is 0 Å². The summed E-state index contributed by atoms with van der Waals surface area (Å²) in [4.78, 5) is 16.1. The molecule has 1 aliphatic heterocycles. The highest BCUT2D eigenvalue weighted by Gasteiger charge is 2.22. The summed E-state index contributed by atoms with van der Waals surface area (Å²) in [5.41, 5.74) is 0. The second-order valence-corrected chi connectivity index (χ2v) is 4.40. The monoisotopic (exact) mass is 273 g/mol. The maximum absolute atomic E-state index is 12.1. The minimum atomic E-state index is 0. The first-order valence-corrected chi connectivity index (χ1v) is 6.13. The fourth-order valence-corrected chi connectivity index (χ4v) is 1.98. The van der Waals surface area contributed by atoms with Crippen molar-refractivity contribution in [1.29, 1.82) is 0 Å². The summed E-state index contributed by atoms with van der Waals surface area (Å²) >= 11 is 0. The second-order valence-electron chi connectivity index (χ2n) is 4.40. The average Bonchev–Trinajstić information content (AvgIpc) is 2.32. The van der Waals surface area contributed by atoms with E-state index in [2.05, 4.69) is 30.3 Å². The molecule has 0 saturated carbocycles. The molecule has 0 aromatic carbocycles. The van der Waals surface area contributed by atoms with E-state index in [1.165, 1.54) is 0 Å². The lowest BCUT2D eigenvalue weighted by Gasteiger charge is -2.34. The van der Waals surface area contributed by atoms with Crippen LogP contribution in [-0.2, 0) is 4.79 Å². The number of hydrogen-bond acceptors (Lipinski definition) is 3. The Kier molecular flexibility index (Phi) is 8.71. The van der Waals surface area contributed by atoms with Gasteiger partial charge >= 0.3 is 0 Å². The summed E-state index contributed by atoms with van der Waals surface area (Å²) in [5.74, 6) is 0.151. The van der Waals surface area contributed by atoms with E-state index in [0.717, 1.165) is 19.6 Å². The Morgan fingerprint density at radius 1 is 1.44 bits per heavy atom. The van der Waals surface area contributed by atoms with E-state index in [-0.39, 0.29) is 18.3 Å². The molecule has 1 amide bonds. The standard InChI is InChI=1S/C13H23N3O.ClH/c1-4-7-15(8-5-2)13(17)11-16-9-6-14-10-12(16)3;/h4-5,12,14H,1-2,6-11H2,3H3;1H/t12-;/m1./s1. The van der Waals surface area contributed by atoms with Crippen molar-refractivity contribution in [2.75, 3.05) is 39.3 Å². The second kappa shape index (κ2) is 9.14. The number of hydrogen-bond donors (Lipinski definition) is 1. The van der Waals surface area contributed by atoms with Crippen molar-refractivity contribution in [3.05, 3.63) is 25.3 Å². The number of halogens is 1. The number of rotatable bonds is 6. The third kappa shape index (κ3) is 5.21. The van der Waals surface area contributed by atoms with Gasteiger partial charge in [0, 0.05) is 38.8 Å². The summed E-state index contributed by atoms with van der Waals surface area (Å²) in [7, 11) is 0. The average molecular weight is 274 g/mol. The number of nitrogens with one attached hydrogen (secondary N) is 1. The van der Waals surface area contributed by atoms with Gasteiger partial charge in [0.25, 0.3) is 0 Å². The van der Waals surface area contributed by atoms with Gasteiger partial charge in [0.1, 0.15) is 0 Å². The zero-order valence-electron chi connectivity index (χ0n) is 11.1. The minimum Gasteiger partial charge on any atom is -0.334 e. The fourth-order valence-electron chi connectivity index (χ4n) is 1.98. The molecule has 0 radical (unpaired) electrons. The van der Waals surface area contributed by atoms with Crippen LogP contribution < -0.4 is 5.32 Å². The van der Waals surface area contributed by atoms with Crippen LogP contribution in [0.2, 0.25) is 0 Å². The Hall–Kier alpha value is -0.840. The number of carbonyl (C=O) groups excluding carboxylic acids is 1. The molecule has 0 aromatic heterocycles. The molecule has 1 fully saturated rings. The SMILES string of the molecule is C=CCN(CC=C)C(=O)CN1CCNC[C@H]1C.Cl. The third-order valence-corrected chi connectivity index (χ3v) is 3.03. The molecular weight excluding hydrogens is 250 g/mol. The van der Waals surface area contributed by atoms with Gasteiger partial charge in [0.05, 0.1) is 6.54 Å². The molecule has 0 spiro atoms. The van der Waals surface area contributed by atoms with Crippen LogP contribution in [0.3, 0.4) is 0 Å². The van der Waals surface area contributed by atoms with Crippen LogP contribution >= 0.6 is 12.4 Å². The molecule has 18 heavy (non-hydrogen) atoms. The van der Waals surface area contributed by atoms with E-state index in [1.54, 1.807) is 17.1 Å². The fraction of sp³-hybridized carbons (Fsp3) is 0.615. The minimum absolute atomic E-state index is 0. The zero-order chi connectivity index (χ0) is 12.7. The quantitative estimate of drug-likeness (QED) is 0.731. The Morgan fingerprint density at radius 3 is 2.56 bits per heavy atom. The van der Waals surface area contributed by atoms with Crippen molar-refractivity contribution in [3.8, 4) is 0 Å². The highest BCUT2D eigenvalue weighted by atomic mass is 35.5. The molecule has 1 heterocycles. The number of piperazine rings is 1. The van der Waals surface area contributed by atoms with Gasteiger partial charge in [0.15, 0.2) is 0 Å². The lowest BCUT2D eigenvalue weighted by Crippen LogP contribution is -2.53. The van der Waals surface area contributed by atoms with Crippen molar-refractivity contribution < 1.29 is 4.79 Å². The highest BCUT2D eigenvalue weighted by Crippen LogP contribution is 2.03. The van der Waals surface area contributed by atoms with E-state index in [9.17, 15) is 4.79 Å². The number of amides is 1. The van der Waals surface area contributed by atoms with Crippen LogP contribution in [0.1, 0.15) is 6.92 Å². The maximum Gasteiger partial charge on any atom is 0.237 e. The summed E-state index contributed by atoms with van der Waals surface area (Å²) in [6, 6.07) is 0.419. The smallest absolute Gasteiger partial charge is 0.237 e. The van der Waals surface area contributed by atoms with Gasteiger partial charge in [-0.25, -0.2) is 0 Å². The molecule has 1 N–H and O–H groups in total. The predicted molar refractivity (Wildman–Crippen MR) is 78.1 cm³/mol. The summed E-state index contributed by atoms with van der Waals surface area (Å²) in [6.45, 7) is 14.0. The molecule has 0 unspecified atom stereocenters. The molecule has 1 saturated heterocycles. The van der Waals surface area contributed by atoms with Gasteiger partial charge in [-0.1, -0.05) is 12.2 Å². The lowest BCUT2D eigenvalue weighted by molar-refractivity contribution is -0.132. The van der Waals surface area contributed by atoms with Crippen molar-refractivity contribution in [1.82, 2.24) is 15.1 Å². The largest absolute Gasteiger partial charge is 0.334 e. The van der Waals surface area contributed by atoms with Crippen LogP contribution in [0.5, 0.6) is 0 Å². The van der Waals surface area contributed by atoms with Crippen molar-refractivity contribution in [3.63, 3.8) is 0 Å². The Bertz CT molecular complexity index is 273. The number of carbonyl (C=O) groups is 1. The van der Waals surface area contributed by atoms with Gasteiger partial charge in [0.2, 0.25) is 5.91 Å². The molecule has 1 aliphatic rings. The van der Waals surface area contributed by atoms with E-state index >= 15 is 0 Å². The summed E-state index contributed by atoms with van der Waals surface area (Å²) in [6.07, 6.45) is 3.51. The van der Waals surface area contributed by atoms with E-state index in [1.807, 2.05) is 0 Å². The van der Waals surface area contributed by atoms with E-state index in [4.69, 9.17) is 0 Å². The Balaban J connectivity index is 0.00000289. The molecule has 1 rings (SSSR count). The van der Waals surface area contributed by atoms with Crippen LogP contribution in [0.15, 0.2) is 25.3 Å². The van der Waals surface area contributed by atoms with Crippen LogP contribution in [-0.4, -0.2) is 61.0 Å². The van der Waals surface area contributed by atoms with Crippen molar-refractivity contribution in [2.24, 2.45) is 0 Å². The molecule has 5 heteroatoms. The predicted octanol–water partition coefficient (Wildman–Crippen LogP) is 0.903. The first kappa shape index (κ1) is 17.2. The normalized spacial score (nSPS) is 19.7. The van der Waals surface area contributed by atoms with E-state index in [0.29, 0.717) is 25.7 Å². The molecule has 0 aliphatic carbocycles. The molecule has 0 aromatic rings. The molecule has 1 atom stereocenters. The molecular formula is C13H24ClN3O. The first-order chi connectivity index (χ1) is 8.19. The van der Waals surface area contributed by atoms with Crippen LogP contribution in [0.25, 0.3) is 0 Å².